The average molecular weight is 371 g/mol. The van der Waals surface area contributed by atoms with Gasteiger partial charge in [-0.05, 0) is 31.3 Å². The Morgan fingerprint density at radius 1 is 1.26 bits per heavy atom. The number of hydrogen-bond acceptors (Lipinski definition) is 6. The van der Waals surface area contributed by atoms with Crippen molar-refractivity contribution in [2.45, 2.75) is 30.7 Å². The van der Waals surface area contributed by atoms with Crippen LogP contribution in [0.15, 0.2) is 54.7 Å². The van der Waals surface area contributed by atoms with Crippen LogP contribution in [0.4, 0.5) is 0 Å². The predicted octanol–water partition coefficient (Wildman–Crippen LogP) is 0.685. The molecule has 1 aromatic carbocycles. The van der Waals surface area contributed by atoms with Crippen LogP contribution in [0.3, 0.4) is 0 Å². The van der Waals surface area contributed by atoms with Gasteiger partial charge in [0.05, 0.1) is 18.7 Å². The van der Waals surface area contributed by atoms with Gasteiger partial charge in [0.2, 0.25) is 0 Å². The number of likely N-dealkylation sites (N-methyl/N-ethyl adjacent to an activating group) is 1. The lowest BCUT2D eigenvalue weighted by molar-refractivity contribution is 0.0110. The Bertz CT molecular complexity index is 729. The third kappa shape index (κ3) is 4.63. The maximum Gasteiger partial charge on any atom is 0.270 e. The largest absolute Gasteiger partial charge is 0.488 e. The third-order valence-electron chi connectivity index (χ3n) is 4.84. The first-order chi connectivity index (χ1) is 13.1. The Labute approximate surface area is 158 Å². The minimum atomic E-state index is -0.809. The lowest BCUT2D eigenvalue weighted by atomic mass is 10.1. The number of rotatable bonds is 7. The number of nitrogens with one attached hydrogen (secondary N) is 1. The van der Waals surface area contributed by atoms with Crippen molar-refractivity contribution in [1.29, 1.82) is 0 Å². The summed E-state index contributed by atoms with van der Waals surface area (Å²) in [5, 5.41) is 23.1. The van der Waals surface area contributed by atoms with E-state index in [1.54, 1.807) is 24.4 Å². The Morgan fingerprint density at radius 3 is 2.67 bits per heavy atom. The Morgan fingerprint density at radius 2 is 2.00 bits per heavy atom. The number of carbonyl (C=O) groups is 1. The summed E-state index contributed by atoms with van der Waals surface area (Å²) in [7, 11) is 1.81. The second kappa shape index (κ2) is 8.94. The van der Waals surface area contributed by atoms with Crippen molar-refractivity contribution in [2.75, 3.05) is 20.2 Å². The van der Waals surface area contributed by atoms with Crippen molar-refractivity contribution < 1.29 is 19.7 Å². The van der Waals surface area contributed by atoms with Crippen LogP contribution in [-0.2, 0) is 0 Å². The van der Waals surface area contributed by atoms with E-state index in [4.69, 9.17) is 4.74 Å². The lowest BCUT2D eigenvalue weighted by Gasteiger charge is -2.31. The molecule has 1 aliphatic carbocycles. The van der Waals surface area contributed by atoms with Gasteiger partial charge in [-0.2, -0.15) is 0 Å². The number of aromatic nitrogens is 1. The molecule has 1 aromatic heterocycles. The van der Waals surface area contributed by atoms with E-state index in [-0.39, 0.29) is 24.6 Å². The first-order valence-corrected chi connectivity index (χ1v) is 9.03. The molecule has 1 saturated carbocycles. The molecule has 0 radical (unpaired) electrons. The Hall–Kier alpha value is -2.48. The number of nitrogens with zero attached hydrogens (tertiary/aromatic N) is 2. The van der Waals surface area contributed by atoms with Gasteiger partial charge in [-0.1, -0.05) is 24.3 Å². The Balaban J connectivity index is 1.75. The van der Waals surface area contributed by atoms with E-state index in [0.717, 1.165) is 0 Å². The molecule has 27 heavy (non-hydrogen) atoms. The highest BCUT2D eigenvalue weighted by atomic mass is 16.5. The van der Waals surface area contributed by atoms with Gasteiger partial charge in [0.15, 0.2) is 0 Å². The minimum Gasteiger partial charge on any atom is -0.488 e. The molecule has 0 unspecified atom stereocenters. The fourth-order valence-electron chi connectivity index (χ4n) is 3.54. The fraction of sp³-hybridized carbons (Fsp3) is 0.400. The smallest absolute Gasteiger partial charge is 0.270 e. The SMILES string of the molecule is CN(CCO)[C@@H]1[C@@H](O)[C@H](Oc2ccccc2)C[C@H]1NC(=O)c1ccccn1. The summed E-state index contributed by atoms with van der Waals surface area (Å²) < 4.78 is 5.96. The quantitative estimate of drug-likeness (QED) is 0.663. The number of carbonyl (C=O) groups excluding carboxylic acids is 1. The van der Waals surface area contributed by atoms with E-state index in [1.165, 1.54) is 0 Å². The third-order valence-corrected chi connectivity index (χ3v) is 4.84. The fourth-order valence-corrected chi connectivity index (χ4v) is 3.54. The number of pyridine rings is 1. The predicted molar refractivity (Wildman–Crippen MR) is 100 cm³/mol. The average Bonchev–Trinajstić information content (AvgIpc) is 2.98. The summed E-state index contributed by atoms with van der Waals surface area (Å²) in [5.74, 6) is 0.373. The van der Waals surface area contributed by atoms with Gasteiger partial charge in [0.25, 0.3) is 5.91 Å². The van der Waals surface area contributed by atoms with E-state index >= 15 is 0 Å². The zero-order valence-electron chi connectivity index (χ0n) is 15.2. The van der Waals surface area contributed by atoms with Crippen LogP contribution in [0, 0.1) is 0 Å². The van der Waals surface area contributed by atoms with Crippen LogP contribution in [0.5, 0.6) is 5.75 Å². The molecule has 7 nitrogen and oxygen atoms in total. The molecular weight excluding hydrogens is 346 g/mol. The van der Waals surface area contributed by atoms with Crippen molar-refractivity contribution in [3.63, 3.8) is 0 Å². The zero-order chi connectivity index (χ0) is 19.2. The monoisotopic (exact) mass is 371 g/mol. The highest BCUT2D eigenvalue weighted by Crippen LogP contribution is 2.29. The number of aliphatic hydroxyl groups is 2. The molecule has 1 amide bonds. The molecule has 4 atom stereocenters. The van der Waals surface area contributed by atoms with Gasteiger partial charge in [-0.25, -0.2) is 0 Å². The summed E-state index contributed by atoms with van der Waals surface area (Å²) in [4.78, 5) is 18.5. The van der Waals surface area contributed by atoms with E-state index in [0.29, 0.717) is 24.4 Å². The number of benzene rings is 1. The highest BCUT2D eigenvalue weighted by molar-refractivity contribution is 5.92. The first kappa shape index (κ1) is 19.3. The van der Waals surface area contributed by atoms with Crippen LogP contribution in [0.1, 0.15) is 16.9 Å². The molecule has 0 bridgehead atoms. The summed E-state index contributed by atoms with van der Waals surface area (Å²) in [6, 6.07) is 13.7. The van der Waals surface area contributed by atoms with Crippen molar-refractivity contribution in [1.82, 2.24) is 15.2 Å². The molecule has 3 rings (SSSR count). The van der Waals surface area contributed by atoms with Crippen LogP contribution in [0.25, 0.3) is 0 Å². The van der Waals surface area contributed by atoms with Gasteiger partial charge in [-0.15, -0.1) is 0 Å². The van der Waals surface area contributed by atoms with Crippen molar-refractivity contribution in [2.24, 2.45) is 0 Å². The van der Waals surface area contributed by atoms with Gasteiger partial charge >= 0.3 is 0 Å². The molecule has 7 heteroatoms. The van der Waals surface area contributed by atoms with Crippen LogP contribution in [-0.4, -0.2) is 70.5 Å². The molecule has 0 aliphatic heterocycles. The maximum atomic E-state index is 12.5. The van der Waals surface area contributed by atoms with Crippen LogP contribution < -0.4 is 10.1 Å². The van der Waals surface area contributed by atoms with Gasteiger partial charge in [-0.3, -0.25) is 14.7 Å². The number of ether oxygens (including phenoxy) is 1. The molecule has 1 fully saturated rings. The Kier molecular flexibility index (Phi) is 6.39. The van der Waals surface area contributed by atoms with Crippen LogP contribution >= 0.6 is 0 Å². The second-order valence-electron chi connectivity index (χ2n) is 6.69. The normalized spacial score (nSPS) is 24.7. The maximum absolute atomic E-state index is 12.5. The van der Waals surface area contributed by atoms with E-state index < -0.39 is 12.2 Å². The molecule has 144 valence electrons. The lowest BCUT2D eigenvalue weighted by Crippen LogP contribution is -2.52. The molecule has 1 heterocycles. The molecule has 2 aromatic rings. The van der Waals surface area contributed by atoms with Crippen molar-refractivity contribution in [3.8, 4) is 5.75 Å². The number of amides is 1. The zero-order valence-corrected chi connectivity index (χ0v) is 15.2. The van der Waals surface area contributed by atoms with E-state index in [2.05, 4.69) is 10.3 Å². The summed E-state index contributed by atoms with van der Waals surface area (Å²) in [6.07, 6.45) is 0.743. The summed E-state index contributed by atoms with van der Waals surface area (Å²) in [6.45, 7) is 0.348. The van der Waals surface area contributed by atoms with E-state index in [1.807, 2.05) is 42.3 Å². The number of para-hydroxylation sites is 1. The van der Waals surface area contributed by atoms with Crippen molar-refractivity contribution >= 4 is 5.91 Å². The molecule has 0 spiro atoms. The van der Waals surface area contributed by atoms with E-state index in [9.17, 15) is 15.0 Å². The molecule has 0 saturated heterocycles. The minimum absolute atomic E-state index is 0.0369. The summed E-state index contributed by atoms with van der Waals surface area (Å²) in [5.41, 5.74) is 0.322. The number of hydrogen-bond donors (Lipinski definition) is 3. The first-order valence-electron chi connectivity index (χ1n) is 9.03. The van der Waals surface area contributed by atoms with Crippen molar-refractivity contribution in [3.05, 3.63) is 60.4 Å². The standard InChI is InChI=1S/C20H25N3O4/c1-23(11-12-24)18-16(22-20(26)15-9-5-6-10-21-15)13-17(19(18)25)27-14-7-3-2-4-8-14/h2-10,16-19,24-25H,11-13H2,1H3,(H,22,26)/t16-,17-,18+,19+/m1/s1. The van der Waals surface area contributed by atoms with Gasteiger partial charge in [0, 0.05) is 19.2 Å². The molecule has 1 aliphatic rings. The van der Waals surface area contributed by atoms with Gasteiger partial charge < -0.3 is 20.3 Å². The second-order valence-corrected chi connectivity index (χ2v) is 6.69. The molecule has 3 N–H and O–H groups in total. The van der Waals surface area contributed by atoms with Gasteiger partial charge in [0.1, 0.15) is 23.7 Å². The number of aliphatic hydroxyl groups excluding tert-OH is 2. The highest BCUT2D eigenvalue weighted by Gasteiger charge is 2.46. The van der Waals surface area contributed by atoms with Crippen LogP contribution in [0.2, 0.25) is 0 Å². The molecular formula is C20H25N3O4. The topological polar surface area (TPSA) is 94.9 Å². The summed E-state index contributed by atoms with van der Waals surface area (Å²) >= 11 is 0.